The van der Waals surface area contributed by atoms with Gasteiger partial charge in [-0.1, -0.05) is 0 Å². The van der Waals surface area contributed by atoms with Crippen LogP contribution in [0.1, 0.15) is 5.56 Å². The standard InChI is InChI=1S/C29H22F4N4O4/c1-39-17-37(20-6-11-26(24(16-20)29(31,32)33)41-21-7-2-18(30)3-8-21)28(38)36-19-4-9-22(10-5-19)40-25-13-15-35-27-23(25)12-14-34-27/h2-16H,17H2,1H3,(H,34,35)(H,36,38). The first-order chi connectivity index (χ1) is 19.7. The van der Waals surface area contributed by atoms with Crippen LogP contribution < -0.4 is 19.7 Å². The molecular formula is C29H22F4N4O4. The van der Waals surface area contributed by atoms with Gasteiger partial charge in [0.2, 0.25) is 0 Å². The van der Waals surface area contributed by atoms with Crippen LogP contribution >= 0.6 is 0 Å². The number of methoxy groups -OCH3 is 1. The predicted molar refractivity (Wildman–Crippen MR) is 144 cm³/mol. The summed E-state index contributed by atoms with van der Waals surface area (Å²) in [6.07, 6.45) is -1.45. The molecule has 0 bridgehead atoms. The van der Waals surface area contributed by atoms with Crippen molar-refractivity contribution in [2.75, 3.05) is 24.1 Å². The SMILES string of the molecule is COCN(C(=O)Nc1ccc(Oc2ccnc3[nH]ccc23)cc1)c1ccc(Oc2ccc(F)cc2)c(C(F)(F)F)c1. The van der Waals surface area contributed by atoms with E-state index in [0.29, 0.717) is 22.8 Å². The van der Waals surface area contributed by atoms with E-state index < -0.39 is 29.3 Å². The molecule has 0 saturated carbocycles. The summed E-state index contributed by atoms with van der Waals surface area (Å²) in [6.45, 7) is -0.336. The highest BCUT2D eigenvalue weighted by Gasteiger charge is 2.36. The number of hydrogen-bond acceptors (Lipinski definition) is 5. The number of aromatic nitrogens is 2. The van der Waals surface area contributed by atoms with E-state index in [1.165, 1.54) is 25.3 Å². The molecule has 0 saturated heterocycles. The Morgan fingerprint density at radius 1 is 0.927 bits per heavy atom. The fourth-order valence-corrected chi connectivity index (χ4v) is 3.95. The minimum Gasteiger partial charge on any atom is -0.457 e. The summed E-state index contributed by atoms with van der Waals surface area (Å²) < 4.78 is 71.4. The third kappa shape index (κ3) is 6.39. The number of urea groups is 1. The third-order valence-electron chi connectivity index (χ3n) is 5.88. The first-order valence-corrected chi connectivity index (χ1v) is 12.1. The van der Waals surface area contributed by atoms with Gasteiger partial charge in [0.25, 0.3) is 0 Å². The van der Waals surface area contributed by atoms with Crippen LogP contribution in [0, 0.1) is 5.82 Å². The largest absolute Gasteiger partial charge is 0.457 e. The number of nitrogens with one attached hydrogen (secondary N) is 2. The highest BCUT2D eigenvalue weighted by atomic mass is 19.4. The van der Waals surface area contributed by atoms with Gasteiger partial charge in [0.05, 0.1) is 5.39 Å². The van der Waals surface area contributed by atoms with E-state index in [0.717, 1.165) is 34.6 Å². The lowest BCUT2D eigenvalue weighted by atomic mass is 10.1. The summed E-state index contributed by atoms with van der Waals surface area (Å²) in [6, 6.07) is 17.0. The molecule has 0 unspecified atom stereocenters. The Morgan fingerprint density at radius 2 is 1.61 bits per heavy atom. The Balaban J connectivity index is 1.33. The second kappa shape index (κ2) is 11.6. The second-order valence-corrected chi connectivity index (χ2v) is 8.69. The number of rotatable bonds is 8. The summed E-state index contributed by atoms with van der Waals surface area (Å²) in [5, 5.41) is 3.45. The van der Waals surface area contributed by atoms with Crippen LogP contribution in [0.2, 0.25) is 0 Å². The van der Waals surface area contributed by atoms with Gasteiger partial charge < -0.3 is 24.5 Å². The number of carbonyl (C=O) groups is 1. The van der Waals surface area contributed by atoms with Crippen molar-refractivity contribution in [1.29, 1.82) is 0 Å². The van der Waals surface area contributed by atoms with Crippen molar-refractivity contribution in [2.45, 2.75) is 6.18 Å². The normalized spacial score (nSPS) is 11.3. The van der Waals surface area contributed by atoms with Crippen LogP contribution in [0.4, 0.5) is 33.7 Å². The van der Waals surface area contributed by atoms with Crippen LogP contribution in [0.25, 0.3) is 11.0 Å². The topological polar surface area (TPSA) is 88.7 Å². The smallest absolute Gasteiger partial charge is 0.420 e. The van der Waals surface area contributed by atoms with Crippen molar-refractivity contribution in [3.05, 3.63) is 103 Å². The van der Waals surface area contributed by atoms with Gasteiger partial charge in [0, 0.05) is 30.9 Å². The van der Waals surface area contributed by atoms with E-state index in [1.54, 1.807) is 42.7 Å². The van der Waals surface area contributed by atoms with Crippen LogP contribution in [-0.4, -0.2) is 29.8 Å². The molecule has 8 nitrogen and oxygen atoms in total. The van der Waals surface area contributed by atoms with Crippen molar-refractivity contribution in [3.8, 4) is 23.0 Å². The Bertz CT molecular complexity index is 1650. The zero-order valence-corrected chi connectivity index (χ0v) is 21.4. The molecule has 0 fully saturated rings. The molecule has 0 radical (unpaired) electrons. The van der Waals surface area contributed by atoms with Gasteiger partial charge in [-0.05, 0) is 78.9 Å². The highest BCUT2D eigenvalue weighted by Crippen LogP contribution is 2.40. The van der Waals surface area contributed by atoms with Gasteiger partial charge in [-0.15, -0.1) is 0 Å². The number of fused-ring (bicyclic) bond motifs is 1. The van der Waals surface area contributed by atoms with Gasteiger partial charge >= 0.3 is 12.2 Å². The molecule has 0 atom stereocenters. The molecule has 0 spiro atoms. The van der Waals surface area contributed by atoms with E-state index >= 15 is 0 Å². The van der Waals surface area contributed by atoms with E-state index in [4.69, 9.17) is 14.2 Å². The number of pyridine rings is 1. The summed E-state index contributed by atoms with van der Waals surface area (Å²) >= 11 is 0. The third-order valence-corrected chi connectivity index (χ3v) is 5.88. The lowest BCUT2D eigenvalue weighted by Crippen LogP contribution is -2.36. The number of H-pyrrole nitrogens is 1. The van der Waals surface area contributed by atoms with Crippen LogP contribution in [0.3, 0.4) is 0 Å². The maximum absolute atomic E-state index is 13.9. The van der Waals surface area contributed by atoms with Gasteiger partial charge in [-0.3, -0.25) is 4.90 Å². The molecule has 3 aromatic carbocycles. The number of nitrogens with zero attached hydrogens (tertiary/aromatic N) is 2. The fraction of sp³-hybridized carbons (Fsp3) is 0.103. The van der Waals surface area contributed by atoms with Gasteiger partial charge in [-0.2, -0.15) is 13.2 Å². The number of aromatic amines is 1. The molecule has 0 aliphatic carbocycles. The molecule has 5 rings (SSSR count). The first kappa shape index (κ1) is 27.5. The van der Waals surface area contributed by atoms with E-state index in [2.05, 4.69) is 15.3 Å². The van der Waals surface area contributed by atoms with Crippen molar-refractivity contribution in [1.82, 2.24) is 9.97 Å². The number of benzene rings is 3. The van der Waals surface area contributed by atoms with E-state index in [1.807, 2.05) is 6.07 Å². The lowest BCUT2D eigenvalue weighted by molar-refractivity contribution is -0.138. The van der Waals surface area contributed by atoms with E-state index in [9.17, 15) is 22.4 Å². The van der Waals surface area contributed by atoms with Crippen LogP contribution in [0.5, 0.6) is 23.0 Å². The van der Waals surface area contributed by atoms with Crippen molar-refractivity contribution in [3.63, 3.8) is 0 Å². The zero-order chi connectivity index (χ0) is 29.0. The number of ether oxygens (including phenoxy) is 3. The molecule has 41 heavy (non-hydrogen) atoms. The molecule has 0 aliphatic heterocycles. The van der Waals surface area contributed by atoms with Gasteiger partial charge in [0.1, 0.15) is 46.8 Å². The molecule has 5 aromatic rings. The van der Waals surface area contributed by atoms with Gasteiger partial charge in [0.15, 0.2) is 0 Å². The quantitative estimate of drug-likeness (QED) is 0.147. The Labute approximate surface area is 231 Å². The van der Waals surface area contributed by atoms with Crippen molar-refractivity contribution in [2.24, 2.45) is 0 Å². The van der Waals surface area contributed by atoms with Crippen LogP contribution in [0.15, 0.2) is 91.3 Å². The first-order valence-electron chi connectivity index (χ1n) is 12.1. The summed E-state index contributed by atoms with van der Waals surface area (Å²) in [5.41, 5.74) is -0.163. The summed E-state index contributed by atoms with van der Waals surface area (Å²) in [7, 11) is 1.31. The number of anilines is 2. The predicted octanol–water partition coefficient (Wildman–Crippen LogP) is 7.95. The van der Waals surface area contributed by atoms with Crippen LogP contribution in [-0.2, 0) is 10.9 Å². The lowest BCUT2D eigenvalue weighted by Gasteiger charge is -2.24. The molecule has 2 amide bonds. The average molecular weight is 567 g/mol. The second-order valence-electron chi connectivity index (χ2n) is 8.69. The summed E-state index contributed by atoms with van der Waals surface area (Å²) in [5.74, 6) is 0.0417. The Kier molecular flexibility index (Phi) is 7.74. The molecular weight excluding hydrogens is 544 g/mol. The molecule has 2 N–H and O–H groups in total. The summed E-state index contributed by atoms with van der Waals surface area (Å²) in [4.78, 5) is 21.3. The monoisotopic (exact) mass is 566 g/mol. The highest BCUT2D eigenvalue weighted by molar-refractivity contribution is 6.01. The van der Waals surface area contributed by atoms with Crippen molar-refractivity contribution >= 4 is 28.4 Å². The molecule has 2 heterocycles. The average Bonchev–Trinajstić information content (AvgIpc) is 3.44. The number of alkyl halides is 3. The zero-order valence-electron chi connectivity index (χ0n) is 21.4. The molecule has 12 heteroatoms. The maximum Gasteiger partial charge on any atom is 0.420 e. The minimum absolute atomic E-state index is 0.0185. The van der Waals surface area contributed by atoms with Crippen molar-refractivity contribution < 1.29 is 36.6 Å². The Hall–Kier alpha value is -5.10. The van der Waals surface area contributed by atoms with Gasteiger partial charge in [-0.25, -0.2) is 14.2 Å². The Morgan fingerprint density at radius 3 is 2.29 bits per heavy atom. The number of halogens is 4. The molecule has 210 valence electrons. The molecule has 2 aromatic heterocycles. The number of hydrogen-bond donors (Lipinski definition) is 2. The minimum atomic E-state index is -4.81. The number of amides is 2. The maximum atomic E-state index is 13.9. The fourth-order valence-electron chi connectivity index (χ4n) is 3.95. The van der Waals surface area contributed by atoms with E-state index in [-0.39, 0.29) is 18.2 Å². The molecule has 0 aliphatic rings. The number of carbonyl (C=O) groups excluding carboxylic acids is 1.